The molecule has 6 heteroatoms. The maximum atomic E-state index is 13.2. The quantitative estimate of drug-likeness (QED) is 0.751. The van der Waals surface area contributed by atoms with E-state index in [9.17, 15) is 9.18 Å². The minimum atomic E-state index is -0.745. The van der Waals surface area contributed by atoms with Crippen LogP contribution in [0.1, 0.15) is 5.56 Å². The van der Waals surface area contributed by atoms with Gasteiger partial charge in [-0.1, -0.05) is 23.7 Å². The zero-order valence-corrected chi connectivity index (χ0v) is 13.9. The summed E-state index contributed by atoms with van der Waals surface area (Å²) in [6.45, 7) is 0. The molecule has 2 aromatic carbocycles. The second kappa shape index (κ2) is 8.47. The van der Waals surface area contributed by atoms with E-state index in [-0.39, 0.29) is 5.02 Å². The number of nitrogens with two attached hydrogens (primary N) is 1. The van der Waals surface area contributed by atoms with Gasteiger partial charge in [0, 0.05) is 12.1 Å². The first-order valence-electron chi connectivity index (χ1n) is 7.28. The molecule has 0 radical (unpaired) electrons. The molecule has 0 aliphatic carbocycles. The van der Waals surface area contributed by atoms with Crippen LogP contribution < -0.4 is 15.8 Å². The second-order valence-electron chi connectivity index (χ2n) is 5.18. The monoisotopic (exact) mass is 348 g/mol. The Morgan fingerprint density at radius 3 is 2.62 bits per heavy atom. The molecule has 0 aliphatic rings. The molecule has 2 rings (SSSR count). The molecule has 4 nitrogen and oxygen atoms in total. The normalized spacial score (nSPS) is 12.6. The molecule has 24 heavy (non-hydrogen) atoms. The number of ether oxygens (including phenoxy) is 1. The van der Waals surface area contributed by atoms with Crippen molar-refractivity contribution in [3.8, 4) is 5.75 Å². The third-order valence-electron chi connectivity index (χ3n) is 3.33. The van der Waals surface area contributed by atoms with Crippen molar-refractivity contribution in [3.63, 3.8) is 0 Å². The number of hydrogen-bond acceptors (Lipinski definition) is 4. The number of carbonyl (C=O) groups excluding carboxylic acids is 1. The van der Waals surface area contributed by atoms with Gasteiger partial charge in [0.25, 0.3) is 0 Å². The summed E-state index contributed by atoms with van der Waals surface area (Å²) in [6, 6.07) is 10.8. The molecule has 1 unspecified atom stereocenters. The number of halogens is 2. The zero-order chi connectivity index (χ0) is 17.5. The topological polar surface area (TPSA) is 64.3 Å². The summed E-state index contributed by atoms with van der Waals surface area (Å²) < 4.78 is 18.3. The first-order chi connectivity index (χ1) is 11.5. The summed E-state index contributed by atoms with van der Waals surface area (Å²) in [5.41, 5.74) is 7.91. The summed E-state index contributed by atoms with van der Waals surface area (Å²) in [5, 5.41) is 3.35. The number of carbonyl (C=O) groups is 1. The van der Waals surface area contributed by atoms with Gasteiger partial charge >= 0.3 is 0 Å². The molecule has 0 amide bonds. The predicted molar refractivity (Wildman–Crippen MR) is 93.9 cm³/mol. The standard InChI is InChI=1S/C18H18ClFN2O2/c1-24-16-5-2-12(3-6-16)8-15(10-14(21)11-23)22-18-7-4-13(20)9-17(18)19/h2-7,9-11,14,22H,8,21H2,1H3/b15-10-. The van der Waals surface area contributed by atoms with Crippen molar-refractivity contribution in [2.45, 2.75) is 12.5 Å². The van der Waals surface area contributed by atoms with Gasteiger partial charge in [-0.2, -0.15) is 0 Å². The van der Waals surface area contributed by atoms with Crippen molar-refractivity contribution in [2.75, 3.05) is 12.4 Å². The van der Waals surface area contributed by atoms with E-state index in [1.54, 1.807) is 13.2 Å². The van der Waals surface area contributed by atoms with Crippen LogP contribution in [0.5, 0.6) is 5.75 Å². The molecule has 0 heterocycles. The Morgan fingerprint density at radius 1 is 1.33 bits per heavy atom. The van der Waals surface area contributed by atoms with Crippen LogP contribution in [0.4, 0.5) is 10.1 Å². The fourth-order valence-electron chi connectivity index (χ4n) is 2.14. The lowest BCUT2D eigenvalue weighted by Gasteiger charge is -2.14. The highest BCUT2D eigenvalue weighted by molar-refractivity contribution is 6.33. The Labute approximate surface area is 145 Å². The minimum Gasteiger partial charge on any atom is -0.497 e. The smallest absolute Gasteiger partial charge is 0.140 e. The third kappa shape index (κ3) is 5.08. The molecule has 0 aromatic heterocycles. The first kappa shape index (κ1) is 18.0. The van der Waals surface area contributed by atoms with Crippen LogP contribution in [0.25, 0.3) is 0 Å². The molecule has 0 aliphatic heterocycles. The van der Waals surface area contributed by atoms with Crippen LogP contribution in [0.2, 0.25) is 5.02 Å². The maximum absolute atomic E-state index is 13.2. The van der Waals surface area contributed by atoms with Crippen molar-refractivity contribution >= 4 is 23.6 Å². The van der Waals surface area contributed by atoms with Gasteiger partial charge < -0.3 is 20.6 Å². The number of hydrogen-bond donors (Lipinski definition) is 2. The molecular weight excluding hydrogens is 331 g/mol. The van der Waals surface area contributed by atoms with Crippen LogP contribution in [0, 0.1) is 5.82 Å². The van der Waals surface area contributed by atoms with Gasteiger partial charge in [0.15, 0.2) is 0 Å². The molecule has 0 bridgehead atoms. The lowest BCUT2D eigenvalue weighted by Crippen LogP contribution is -2.20. The van der Waals surface area contributed by atoms with Gasteiger partial charge in [-0.05, 0) is 42.0 Å². The van der Waals surface area contributed by atoms with E-state index in [0.29, 0.717) is 24.1 Å². The van der Waals surface area contributed by atoms with Gasteiger partial charge in [-0.15, -0.1) is 0 Å². The summed E-state index contributed by atoms with van der Waals surface area (Å²) in [4.78, 5) is 10.9. The van der Waals surface area contributed by atoms with Crippen LogP contribution >= 0.6 is 11.6 Å². The third-order valence-corrected chi connectivity index (χ3v) is 3.64. The van der Waals surface area contributed by atoms with Crippen molar-refractivity contribution in [1.82, 2.24) is 0 Å². The number of benzene rings is 2. The second-order valence-corrected chi connectivity index (χ2v) is 5.59. The molecule has 0 saturated carbocycles. The Balaban J connectivity index is 2.23. The zero-order valence-electron chi connectivity index (χ0n) is 13.1. The van der Waals surface area contributed by atoms with Gasteiger partial charge in [-0.25, -0.2) is 4.39 Å². The van der Waals surface area contributed by atoms with E-state index in [4.69, 9.17) is 22.1 Å². The number of allylic oxidation sites excluding steroid dienone is 1. The van der Waals surface area contributed by atoms with Crippen LogP contribution in [0.15, 0.2) is 54.2 Å². The van der Waals surface area contributed by atoms with Crippen LogP contribution in [-0.2, 0) is 11.2 Å². The summed E-state index contributed by atoms with van der Waals surface area (Å²) in [6.07, 6.45) is 2.75. The largest absolute Gasteiger partial charge is 0.497 e. The summed E-state index contributed by atoms with van der Waals surface area (Å²) in [5.74, 6) is 0.333. The predicted octanol–water partition coefficient (Wildman–Crippen LogP) is 3.55. The van der Waals surface area contributed by atoms with Crippen LogP contribution in [0.3, 0.4) is 0 Å². The molecule has 126 valence electrons. The Kier molecular flexibility index (Phi) is 6.35. The van der Waals surface area contributed by atoms with Gasteiger partial charge in [0.2, 0.25) is 0 Å². The first-order valence-corrected chi connectivity index (χ1v) is 7.66. The minimum absolute atomic E-state index is 0.246. The van der Waals surface area contributed by atoms with Gasteiger partial charge in [0.05, 0.1) is 23.9 Å². The molecule has 0 fully saturated rings. The number of nitrogens with one attached hydrogen (secondary N) is 1. The fraction of sp³-hybridized carbons (Fsp3) is 0.167. The fourth-order valence-corrected chi connectivity index (χ4v) is 2.36. The number of methoxy groups -OCH3 is 1. The molecule has 2 aromatic rings. The van der Waals surface area contributed by atoms with E-state index in [1.807, 2.05) is 24.3 Å². The highest BCUT2D eigenvalue weighted by atomic mass is 35.5. The van der Waals surface area contributed by atoms with E-state index >= 15 is 0 Å². The van der Waals surface area contributed by atoms with E-state index in [0.717, 1.165) is 11.3 Å². The maximum Gasteiger partial charge on any atom is 0.140 e. The molecule has 1 atom stereocenters. The van der Waals surface area contributed by atoms with Crippen LogP contribution in [-0.4, -0.2) is 19.4 Å². The number of anilines is 1. The number of rotatable bonds is 7. The number of aldehydes is 1. The van der Waals surface area contributed by atoms with Gasteiger partial charge in [-0.3, -0.25) is 0 Å². The Morgan fingerprint density at radius 2 is 2.04 bits per heavy atom. The van der Waals surface area contributed by atoms with Crippen molar-refractivity contribution in [1.29, 1.82) is 0 Å². The Hall–Kier alpha value is -2.37. The lowest BCUT2D eigenvalue weighted by atomic mass is 10.1. The lowest BCUT2D eigenvalue weighted by molar-refractivity contribution is -0.108. The SMILES string of the molecule is COc1ccc(C/C(=C/C(N)C=O)Nc2ccc(F)cc2Cl)cc1. The summed E-state index contributed by atoms with van der Waals surface area (Å²) >= 11 is 6.04. The molecular formula is C18H18ClFN2O2. The van der Waals surface area contributed by atoms with Crippen molar-refractivity contribution in [3.05, 3.63) is 70.6 Å². The summed E-state index contributed by atoms with van der Waals surface area (Å²) in [7, 11) is 1.60. The average molecular weight is 349 g/mol. The molecule has 0 spiro atoms. The van der Waals surface area contributed by atoms with E-state index in [2.05, 4.69) is 5.32 Å². The highest BCUT2D eigenvalue weighted by Crippen LogP contribution is 2.25. The Bertz CT molecular complexity index is 732. The van der Waals surface area contributed by atoms with Gasteiger partial charge in [0.1, 0.15) is 17.9 Å². The molecule has 3 N–H and O–H groups in total. The highest BCUT2D eigenvalue weighted by Gasteiger charge is 2.08. The average Bonchev–Trinajstić information content (AvgIpc) is 2.57. The molecule has 0 saturated heterocycles. The van der Waals surface area contributed by atoms with E-state index in [1.165, 1.54) is 18.2 Å². The van der Waals surface area contributed by atoms with E-state index < -0.39 is 11.9 Å². The van der Waals surface area contributed by atoms with Crippen molar-refractivity contribution in [2.24, 2.45) is 5.73 Å². The van der Waals surface area contributed by atoms with Crippen molar-refractivity contribution < 1.29 is 13.9 Å².